The number of carboxylic acid groups (broad SMARTS) is 1. The number of ether oxygens (including phenoxy) is 1. The van der Waals surface area contributed by atoms with E-state index in [2.05, 4.69) is 9.46 Å². The Hall–Kier alpha value is -3.11. The number of aryl methyl sites for hydroxylation is 1. The highest BCUT2D eigenvalue weighted by molar-refractivity contribution is 7.93. The number of thiophene rings is 1. The lowest BCUT2D eigenvalue weighted by Crippen LogP contribution is -2.16. The number of methoxy groups -OCH3 is 1. The Labute approximate surface area is 165 Å². The third-order valence-corrected chi connectivity index (χ3v) is 6.41. The minimum Gasteiger partial charge on any atom is -0.477 e. The number of anilines is 1. The van der Waals surface area contributed by atoms with Gasteiger partial charge in [-0.2, -0.15) is 0 Å². The van der Waals surface area contributed by atoms with Crippen LogP contribution in [-0.4, -0.2) is 37.1 Å². The van der Waals surface area contributed by atoms with Crippen LogP contribution >= 0.6 is 11.3 Å². The van der Waals surface area contributed by atoms with Crippen LogP contribution in [0, 0.1) is 6.92 Å². The van der Waals surface area contributed by atoms with Crippen LogP contribution in [-0.2, 0) is 14.8 Å². The molecule has 0 aliphatic carbocycles. The number of rotatable bonds is 6. The van der Waals surface area contributed by atoms with Crippen molar-refractivity contribution in [3.8, 4) is 5.69 Å². The first kappa shape index (κ1) is 19.6. The highest BCUT2D eigenvalue weighted by Gasteiger charge is 2.25. The summed E-state index contributed by atoms with van der Waals surface area (Å²) in [6, 6.07) is 9.15. The molecule has 0 saturated heterocycles. The van der Waals surface area contributed by atoms with Gasteiger partial charge < -0.3 is 14.4 Å². The number of nitrogens with zero attached hydrogens (tertiary/aromatic N) is 1. The lowest BCUT2D eigenvalue weighted by Gasteiger charge is -2.13. The summed E-state index contributed by atoms with van der Waals surface area (Å²) in [5.41, 5.74) is 1.65. The standard InChI is InChI=1S/C18H16N2O6S2/c1-11-10-12(5-6-13(11)20-8-3-4-14(20)17(21)22)19-28(24,25)15-7-9-27-16(15)18(23)26-2/h3-10,19H,1-2H3,(H,21,22). The van der Waals surface area contributed by atoms with Crippen LogP contribution in [0.25, 0.3) is 5.69 Å². The monoisotopic (exact) mass is 420 g/mol. The highest BCUT2D eigenvalue weighted by Crippen LogP contribution is 2.27. The maximum Gasteiger partial charge on any atom is 0.352 e. The quantitative estimate of drug-likeness (QED) is 0.592. The summed E-state index contributed by atoms with van der Waals surface area (Å²) in [4.78, 5) is 22.9. The van der Waals surface area contributed by atoms with Gasteiger partial charge in [-0.15, -0.1) is 11.3 Å². The molecule has 0 bridgehead atoms. The number of carboxylic acids is 1. The number of aromatic carboxylic acids is 1. The summed E-state index contributed by atoms with van der Waals surface area (Å²) in [6.07, 6.45) is 1.61. The Morgan fingerprint density at radius 3 is 2.61 bits per heavy atom. The van der Waals surface area contributed by atoms with Gasteiger partial charge in [-0.25, -0.2) is 18.0 Å². The number of aromatic nitrogens is 1. The van der Waals surface area contributed by atoms with Crippen LogP contribution in [0.5, 0.6) is 0 Å². The van der Waals surface area contributed by atoms with Crippen LogP contribution in [0.4, 0.5) is 5.69 Å². The molecule has 0 amide bonds. The van der Waals surface area contributed by atoms with E-state index in [-0.39, 0.29) is 21.2 Å². The zero-order valence-electron chi connectivity index (χ0n) is 14.9. The number of esters is 1. The molecular formula is C18H16N2O6S2. The van der Waals surface area contributed by atoms with E-state index in [0.29, 0.717) is 11.3 Å². The summed E-state index contributed by atoms with van der Waals surface area (Å²) in [6.45, 7) is 1.74. The third-order valence-electron chi connectivity index (χ3n) is 3.97. The molecule has 0 spiro atoms. The fourth-order valence-electron chi connectivity index (χ4n) is 2.72. The van der Waals surface area contributed by atoms with Crippen molar-refractivity contribution in [3.05, 3.63) is 64.1 Å². The second-order valence-electron chi connectivity index (χ2n) is 5.78. The van der Waals surface area contributed by atoms with E-state index in [1.54, 1.807) is 31.3 Å². The van der Waals surface area contributed by atoms with Gasteiger partial charge in [0, 0.05) is 17.6 Å². The number of benzene rings is 1. The Balaban J connectivity index is 1.93. The van der Waals surface area contributed by atoms with Crippen molar-refractivity contribution in [1.29, 1.82) is 0 Å². The molecule has 1 aromatic carbocycles. The summed E-state index contributed by atoms with van der Waals surface area (Å²) in [7, 11) is -2.82. The lowest BCUT2D eigenvalue weighted by atomic mass is 10.1. The summed E-state index contributed by atoms with van der Waals surface area (Å²) in [5.74, 6) is -1.79. The predicted molar refractivity (Wildman–Crippen MR) is 104 cm³/mol. The van der Waals surface area contributed by atoms with Crippen molar-refractivity contribution >= 4 is 39.0 Å². The Kier molecular flexibility index (Phi) is 5.25. The maximum atomic E-state index is 12.7. The van der Waals surface area contributed by atoms with Crippen LogP contribution in [0.3, 0.4) is 0 Å². The molecule has 0 unspecified atom stereocenters. The molecule has 10 heteroatoms. The minimum atomic E-state index is -4.00. The second-order valence-corrected chi connectivity index (χ2v) is 8.35. The zero-order chi connectivity index (χ0) is 20.5. The van der Waals surface area contributed by atoms with E-state index < -0.39 is 22.0 Å². The molecule has 3 rings (SSSR count). The molecule has 2 heterocycles. The first-order valence-electron chi connectivity index (χ1n) is 7.95. The van der Waals surface area contributed by atoms with Crippen molar-refractivity contribution in [2.75, 3.05) is 11.8 Å². The second kappa shape index (κ2) is 7.49. The SMILES string of the molecule is COC(=O)c1sccc1S(=O)(=O)Nc1ccc(-n2cccc2C(=O)O)c(C)c1. The van der Waals surface area contributed by atoms with E-state index in [4.69, 9.17) is 0 Å². The Morgan fingerprint density at radius 1 is 1.21 bits per heavy atom. The molecule has 0 aliphatic rings. The Morgan fingerprint density at radius 2 is 1.96 bits per heavy atom. The molecule has 8 nitrogen and oxygen atoms in total. The summed E-state index contributed by atoms with van der Waals surface area (Å²) >= 11 is 0.975. The van der Waals surface area contributed by atoms with Gasteiger partial charge in [-0.05, 0) is 54.3 Å². The van der Waals surface area contributed by atoms with Crippen LogP contribution < -0.4 is 4.72 Å². The first-order chi connectivity index (χ1) is 13.2. The predicted octanol–water partition coefficient (Wildman–Crippen LogP) is 3.13. The molecule has 2 aromatic heterocycles. The maximum absolute atomic E-state index is 12.7. The minimum absolute atomic E-state index is 0.0122. The average Bonchev–Trinajstić information content (AvgIpc) is 3.30. The van der Waals surface area contributed by atoms with Crippen molar-refractivity contribution in [3.63, 3.8) is 0 Å². The van der Waals surface area contributed by atoms with Crippen LogP contribution in [0.2, 0.25) is 0 Å². The number of hydrogen-bond acceptors (Lipinski definition) is 6. The molecule has 0 fully saturated rings. The van der Waals surface area contributed by atoms with Gasteiger partial charge in [-0.1, -0.05) is 0 Å². The highest BCUT2D eigenvalue weighted by atomic mass is 32.2. The topological polar surface area (TPSA) is 115 Å². The fourth-order valence-corrected chi connectivity index (χ4v) is 5.10. The number of nitrogens with one attached hydrogen (secondary N) is 1. The number of carbonyl (C=O) groups excluding carboxylic acids is 1. The van der Waals surface area contributed by atoms with Crippen LogP contribution in [0.1, 0.15) is 25.7 Å². The van der Waals surface area contributed by atoms with Crippen molar-refractivity contribution in [2.45, 2.75) is 11.8 Å². The van der Waals surface area contributed by atoms with Crippen LogP contribution in [0.15, 0.2) is 52.9 Å². The molecule has 3 aromatic rings. The van der Waals surface area contributed by atoms with E-state index in [0.717, 1.165) is 11.3 Å². The summed E-state index contributed by atoms with van der Waals surface area (Å²) in [5, 5.41) is 10.8. The molecule has 2 N–H and O–H groups in total. The number of carbonyl (C=O) groups is 2. The molecular weight excluding hydrogens is 404 g/mol. The third kappa shape index (κ3) is 3.64. The van der Waals surface area contributed by atoms with E-state index in [9.17, 15) is 23.1 Å². The normalized spacial score (nSPS) is 11.2. The van der Waals surface area contributed by atoms with Crippen molar-refractivity contribution < 1.29 is 27.9 Å². The number of hydrogen-bond donors (Lipinski definition) is 2. The van der Waals surface area contributed by atoms with Gasteiger partial charge in [0.25, 0.3) is 10.0 Å². The lowest BCUT2D eigenvalue weighted by molar-refractivity contribution is 0.0601. The molecule has 0 aliphatic heterocycles. The molecule has 0 atom stereocenters. The van der Waals surface area contributed by atoms with Crippen molar-refractivity contribution in [2.24, 2.45) is 0 Å². The summed E-state index contributed by atoms with van der Waals surface area (Å²) < 4.78 is 33.9. The van der Waals surface area contributed by atoms with Gasteiger partial charge in [0.2, 0.25) is 0 Å². The van der Waals surface area contributed by atoms with E-state index in [1.807, 2.05) is 0 Å². The molecule has 146 valence electrons. The van der Waals surface area contributed by atoms with Gasteiger partial charge in [0.1, 0.15) is 15.5 Å². The van der Waals surface area contributed by atoms with Gasteiger partial charge >= 0.3 is 11.9 Å². The largest absolute Gasteiger partial charge is 0.477 e. The average molecular weight is 420 g/mol. The van der Waals surface area contributed by atoms with Gasteiger partial charge in [0.05, 0.1) is 7.11 Å². The Bertz CT molecular complexity index is 1160. The van der Waals surface area contributed by atoms with Gasteiger partial charge in [-0.3, -0.25) is 4.72 Å². The van der Waals surface area contributed by atoms with Gasteiger partial charge in [0.15, 0.2) is 0 Å². The van der Waals surface area contributed by atoms with Crippen molar-refractivity contribution in [1.82, 2.24) is 4.57 Å². The molecule has 0 radical (unpaired) electrons. The zero-order valence-corrected chi connectivity index (χ0v) is 16.5. The first-order valence-corrected chi connectivity index (χ1v) is 10.3. The smallest absolute Gasteiger partial charge is 0.352 e. The molecule has 28 heavy (non-hydrogen) atoms. The van der Waals surface area contributed by atoms with E-state index in [1.165, 1.54) is 35.3 Å². The molecule has 0 saturated carbocycles. The fraction of sp³-hybridized carbons (Fsp3) is 0.111. The number of sulfonamides is 1. The van der Waals surface area contributed by atoms with E-state index >= 15 is 0 Å².